The molecule has 0 unspecified atom stereocenters. The van der Waals surface area contributed by atoms with Crippen molar-refractivity contribution < 1.29 is 30.0 Å². The van der Waals surface area contributed by atoms with Crippen molar-refractivity contribution in [1.82, 2.24) is 4.98 Å². The summed E-state index contributed by atoms with van der Waals surface area (Å²) in [6, 6.07) is 21.6. The van der Waals surface area contributed by atoms with Gasteiger partial charge in [0.1, 0.15) is 0 Å². The maximum atomic E-state index is 10.0. The van der Waals surface area contributed by atoms with Gasteiger partial charge in [-0.05, 0) is 43.5 Å². The van der Waals surface area contributed by atoms with Gasteiger partial charge in [-0.1, -0.05) is 24.3 Å². The van der Waals surface area contributed by atoms with Gasteiger partial charge in [0.25, 0.3) is 0 Å². The molecule has 2 aromatic carbocycles. The van der Waals surface area contributed by atoms with E-state index in [0.29, 0.717) is 0 Å². The predicted octanol–water partition coefficient (Wildman–Crippen LogP) is 5.05. The zero-order valence-corrected chi connectivity index (χ0v) is 16.8. The molecule has 0 saturated heterocycles. The molecule has 131 valence electrons. The molecule has 1 N–H and O–H groups in total. The number of carbonyl (C=O) groups is 1. The first-order chi connectivity index (χ1) is 11.5. The largest absolute Gasteiger partial charge is 0.512 e. The van der Waals surface area contributed by atoms with Crippen LogP contribution in [0, 0.1) is 13.0 Å². The van der Waals surface area contributed by atoms with E-state index in [9.17, 15) is 4.79 Å². The van der Waals surface area contributed by atoms with Crippen LogP contribution in [0.15, 0.2) is 66.4 Å². The van der Waals surface area contributed by atoms with Gasteiger partial charge < -0.3 is 5.11 Å². The van der Waals surface area contributed by atoms with Crippen LogP contribution >= 0.6 is 0 Å². The molecule has 0 saturated carbocycles. The van der Waals surface area contributed by atoms with Crippen molar-refractivity contribution >= 4 is 16.7 Å². The zero-order chi connectivity index (χ0) is 17.5. The molecular weight excluding hydrogens is 490 g/mol. The van der Waals surface area contributed by atoms with Gasteiger partial charge in [0.05, 0.1) is 11.3 Å². The summed E-state index contributed by atoms with van der Waals surface area (Å²) < 4.78 is 0. The molecule has 3 aromatic rings. The standard InChI is InChI=1S/C16H12N.C5H8O2.Ir/c1-12-7-8-14-9-10-15(17-16(14)11-12)13-5-3-2-4-6-13;1-4(6)3-5(2)7;/h2-5,7-11H,1H3;3,6H,1-2H3;/q-1;;. The number of allylic oxidation sites excluding steroid dienone is 2. The predicted molar refractivity (Wildman–Crippen MR) is 97.8 cm³/mol. The van der Waals surface area contributed by atoms with Crippen molar-refractivity contribution in [3.63, 3.8) is 0 Å². The molecule has 0 bridgehead atoms. The van der Waals surface area contributed by atoms with Gasteiger partial charge in [0.2, 0.25) is 0 Å². The first-order valence-corrected chi connectivity index (χ1v) is 7.68. The van der Waals surface area contributed by atoms with Crippen LogP contribution in [0.4, 0.5) is 0 Å². The topological polar surface area (TPSA) is 50.2 Å². The molecule has 3 rings (SSSR count). The number of fused-ring (bicyclic) bond motifs is 1. The maximum absolute atomic E-state index is 10.0. The normalized spacial score (nSPS) is 10.4. The van der Waals surface area contributed by atoms with E-state index in [-0.39, 0.29) is 31.6 Å². The van der Waals surface area contributed by atoms with Crippen molar-refractivity contribution in [1.29, 1.82) is 0 Å². The van der Waals surface area contributed by atoms with Crippen LogP contribution in [-0.2, 0) is 24.9 Å². The summed E-state index contributed by atoms with van der Waals surface area (Å²) in [5.41, 5.74) is 4.29. The van der Waals surface area contributed by atoms with Gasteiger partial charge in [-0.3, -0.25) is 9.78 Å². The Hall–Kier alpha value is -2.29. The molecule has 4 heteroatoms. The maximum Gasteiger partial charge on any atom is 0.155 e. The van der Waals surface area contributed by atoms with Crippen molar-refractivity contribution in [3.05, 3.63) is 78.1 Å². The summed E-state index contributed by atoms with van der Waals surface area (Å²) in [4.78, 5) is 14.7. The van der Waals surface area contributed by atoms with E-state index in [1.165, 1.54) is 30.9 Å². The van der Waals surface area contributed by atoms with Gasteiger partial charge >= 0.3 is 0 Å². The third kappa shape index (κ3) is 6.61. The Bertz CT molecular complexity index is 869. The molecule has 0 atom stereocenters. The second kappa shape index (κ2) is 9.87. The molecule has 0 spiro atoms. The van der Waals surface area contributed by atoms with Crippen LogP contribution in [0.5, 0.6) is 0 Å². The molecule has 0 aliphatic heterocycles. The van der Waals surface area contributed by atoms with E-state index in [1.807, 2.05) is 30.3 Å². The van der Waals surface area contributed by atoms with Gasteiger partial charge in [-0.25, -0.2) is 0 Å². The quantitative estimate of drug-likeness (QED) is 0.298. The van der Waals surface area contributed by atoms with Crippen molar-refractivity contribution in [2.45, 2.75) is 20.8 Å². The molecule has 0 fully saturated rings. The minimum absolute atomic E-state index is 0. The van der Waals surface area contributed by atoms with E-state index in [0.717, 1.165) is 16.8 Å². The molecule has 0 amide bonds. The number of hydrogen-bond donors (Lipinski definition) is 1. The van der Waals surface area contributed by atoms with E-state index in [2.05, 4.69) is 42.2 Å². The van der Waals surface area contributed by atoms with Gasteiger partial charge in [0, 0.05) is 26.2 Å². The number of carbonyl (C=O) groups excluding carboxylic acids is 1. The van der Waals surface area contributed by atoms with Crippen molar-refractivity contribution in [2.75, 3.05) is 0 Å². The van der Waals surface area contributed by atoms with Crippen molar-refractivity contribution in [3.8, 4) is 11.3 Å². The third-order valence-corrected chi connectivity index (χ3v) is 3.24. The number of hydrogen-bond acceptors (Lipinski definition) is 3. The molecule has 0 aliphatic rings. The first-order valence-electron chi connectivity index (χ1n) is 7.68. The fourth-order valence-electron chi connectivity index (χ4n) is 2.22. The molecule has 3 nitrogen and oxygen atoms in total. The van der Waals surface area contributed by atoms with Crippen molar-refractivity contribution in [2.24, 2.45) is 0 Å². The number of pyridine rings is 1. The Kier molecular flexibility index (Phi) is 8.20. The molecule has 1 aromatic heterocycles. The molecule has 1 heterocycles. The summed E-state index contributed by atoms with van der Waals surface area (Å²) in [5.74, 6) is -0.0625. The van der Waals surface area contributed by atoms with Crippen LogP contribution in [0.3, 0.4) is 0 Å². The number of benzene rings is 2. The number of ketones is 1. The van der Waals surface area contributed by atoms with E-state index < -0.39 is 0 Å². The average molecular weight is 511 g/mol. The average Bonchev–Trinajstić information content (AvgIpc) is 2.54. The Morgan fingerprint density at radius 3 is 2.40 bits per heavy atom. The van der Waals surface area contributed by atoms with Gasteiger partial charge in [-0.15, -0.1) is 35.9 Å². The second-order valence-corrected chi connectivity index (χ2v) is 5.57. The Morgan fingerprint density at radius 2 is 1.84 bits per heavy atom. The number of aromatic nitrogens is 1. The third-order valence-electron chi connectivity index (χ3n) is 3.24. The van der Waals surface area contributed by atoms with E-state index in [4.69, 9.17) is 5.11 Å². The second-order valence-electron chi connectivity index (χ2n) is 5.57. The fraction of sp³-hybridized carbons (Fsp3) is 0.143. The van der Waals surface area contributed by atoms with Crippen LogP contribution in [0.2, 0.25) is 0 Å². The van der Waals surface area contributed by atoms with Crippen LogP contribution in [0.25, 0.3) is 22.2 Å². The summed E-state index contributed by atoms with van der Waals surface area (Å²) >= 11 is 0. The summed E-state index contributed by atoms with van der Waals surface area (Å²) in [6.07, 6.45) is 1.17. The molecule has 25 heavy (non-hydrogen) atoms. The van der Waals surface area contributed by atoms with E-state index in [1.54, 1.807) is 0 Å². The minimum Gasteiger partial charge on any atom is -0.512 e. The number of aryl methyl sites for hydroxylation is 1. The fourth-order valence-corrected chi connectivity index (χ4v) is 2.22. The SMILES string of the molecule is CC(=O)C=C(C)O.Cc1ccc2ccc(-c3[c-]cccc3)nc2c1.[Ir]. The first kappa shape index (κ1) is 20.8. The summed E-state index contributed by atoms with van der Waals surface area (Å²) in [6.45, 7) is 4.93. The Morgan fingerprint density at radius 1 is 1.12 bits per heavy atom. The monoisotopic (exact) mass is 511 g/mol. The number of rotatable bonds is 2. The minimum atomic E-state index is -0.125. The summed E-state index contributed by atoms with van der Waals surface area (Å²) in [7, 11) is 0. The van der Waals surface area contributed by atoms with Crippen LogP contribution in [0.1, 0.15) is 19.4 Å². The van der Waals surface area contributed by atoms with Gasteiger partial charge in [-0.2, -0.15) is 0 Å². The molecule has 0 aliphatic carbocycles. The van der Waals surface area contributed by atoms with E-state index >= 15 is 0 Å². The Labute approximate surface area is 161 Å². The molecular formula is C21H20IrNO2-. The number of aliphatic hydroxyl groups excluding tert-OH is 1. The molecule has 1 radical (unpaired) electrons. The van der Waals surface area contributed by atoms with Gasteiger partial charge in [0.15, 0.2) is 5.78 Å². The zero-order valence-electron chi connectivity index (χ0n) is 14.4. The smallest absolute Gasteiger partial charge is 0.155 e. The number of aliphatic hydroxyl groups is 1. The summed E-state index contributed by atoms with van der Waals surface area (Å²) in [5, 5.41) is 9.54. The van der Waals surface area contributed by atoms with Crippen LogP contribution < -0.4 is 0 Å². The number of nitrogens with zero attached hydrogens (tertiary/aromatic N) is 1. The van der Waals surface area contributed by atoms with Crippen LogP contribution in [-0.4, -0.2) is 15.9 Å². The Balaban J connectivity index is 0.000000339.